The number of nitrogens with zero attached hydrogens (tertiary/aromatic N) is 1. The molecule has 0 saturated carbocycles. The molecule has 132 valence electrons. The molecule has 26 heavy (non-hydrogen) atoms. The first-order valence-electron chi connectivity index (χ1n) is 8.61. The number of halogens is 1. The molecule has 0 aliphatic carbocycles. The summed E-state index contributed by atoms with van der Waals surface area (Å²) in [7, 11) is 0. The number of pyridine rings is 1. The number of benzene rings is 2. The molecule has 2 aromatic carbocycles. The van der Waals surface area contributed by atoms with Crippen LogP contribution in [0.15, 0.2) is 45.8 Å². The standard InChI is InChI=1S/C21H19BrN2O2/c1-11-7-15(22)8-12(2)18(11)23-21(26)17-10-24-13(3)9-14-5-4-6-16(19(14)24)20(17)25/h4-8,10,13H,9H2,1-3H3,(H,23,26)/t13-/m0/s1. The molecular formula is C21H19BrN2O2. The Morgan fingerprint density at radius 3 is 2.62 bits per heavy atom. The lowest BCUT2D eigenvalue weighted by molar-refractivity contribution is 0.102. The number of aryl methyl sites for hydroxylation is 2. The minimum Gasteiger partial charge on any atom is -0.343 e. The van der Waals surface area contributed by atoms with Gasteiger partial charge in [0.25, 0.3) is 5.91 Å². The van der Waals surface area contributed by atoms with E-state index in [9.17, 15) is 9.59 Å². The first-order chi connectivity index (χ1) is 12.4. The monoisotopic (exact) mass is 410 g/mol. The van der Waals surface area contributed by atoms with Crippen molar-refractivity contribution < 1.29 is 4.79 Å². The normalized spacial score (nSPS) is 15.5. The molecule has 3 aromatic rings. The van der Waals surface area contributed by atoms with Crippen LogP contribution in [0.3, 0.4) is 0 Å². The van der Waals surface area contributed by atoms with Gasteiger partial charge in [0.05, 0.1) is 5.52 Å². The third-order valence-corrected chi connectivity index (χ3v) is 5.56. The number of aromatic nitrogens is 1. The molecule has 0 radical (unpaired) electrons. The first kappa shape index (κ1) is 17.0. The number of carbonyl (C=O) groups excluding carboxylic acids is 1. The number of rotatable bonds is 2. The van der Waals surface area contributed by atoms with E-state index in [1.807, 2.05) is 38.1 Å². The molecule has 4 nitrogen and oxygen atoms in total. The predicted molar refractivity (Wildman–Crippen MR) is 108 cm³/mol. The fourth-order valence-corrected chi connectivity index (χ4v) is 4.55. The van der Waals surface area contributed by atoms with Crippen molar-refractivity contribution >= 4 is 38.4 Å². The highest BCUT2D eigenvalue weighted by molar-refractivity contribution is 9.10. The molecule has 0 bridgehead atoms. The smallest absolute Gasteiger partial charge is 0.261 e. The molecule has 2 heterocycles. The van der Waals surface area contributed by atoms with Crippen LogP contribution < -0.4 is 10.7 Å². The highest BCUT2D eigenvalue weighted by atomic mass is 79.9. The quantitative estimate of drug-likeness (QED) is 0.662. The second kappa shape index (κ2) is 6.09. The van der Waals surface area contributed by atoms with E-state index in [2.05, 4.69) is 38.8 Å². The summed E-state index contributed by atoms with van der Waals surface area (Å²) in [5.74, 6) is -0.362. The van der Waals surface area contributed by atoms with E-state index in [4.69, 9.17) is 0 Å². The van der Waals surface area contributed by atoms with E-state index in [0.29, 0.717) is 5.39 Å². The summed E-state index contributed by atoms with van der Waals surface area (Å²) in [5, 5.41) is 3.55. The lowest BCUT2D eigenvalue weighted by Gasteiger charge is -2.15. The van der Waals surface area contributed by atoms with Gasteiger partial charge in [0, 0.05) is 27.8 Å². The lowest BCUT2D eigenvalue weighted by Crippen LogP contribution is -2.24. The molecule has 0 saturated heterocycles. The summed E-state index contributed by atoms with van der Waals surface area (Å²) in [6.45, 7) is 5.98. The first-order valence-corrected chi connectivity index (χ1v) is 9.41. The van der Waals surface area contributed by atoms with Crippen molar-refractivity contribution in [2.24, 2.45) is 0 Å². The maximum Gasteiger partial charge on any atom is 0.261 e. The van der Waals surface area contributed by atoms with E-state index in [1.54, 1.807) is 6.20 Å². The number of carbonyl (C=O) groups is 1. The minimum absolute atomic E-state index is 0.185. The van der Waals surface area contributed by atoms with Crippen LogP contribution in [0.25, 0.3) is 10.9 Å². The van der Waals surface area contributed by atoms with Gasteiger partial charge >= 0.3 is 0 Å². The molecule has 0 spiro atoms. The summed E-state index contributed by atoms with van der Waals surface area (Å²) in [6, 6.07) is 9.89. The number of para-hydroxylation sites is 1. The number of hydrogen-bond acceptors (Lipinski definition) is 2. The van der Waals surface area contributed by atoms with Gasteiger partial charge in [-0.15, -0.1) is 0 Å². The van der Waals surface area contributed by atoms with Crippen LogP contribution in [0.4, 0.5) is 5.69 Å². The van der Waals surface area contributed by atoms with Crippen LogP contribution >= 0.6 is 15.9 Å². The van der Waals surface area contributed by atoms with Crippen molar-refractivity contribution in [3.63, 3.8) is 0 Å². The SMILES string of the molecule is Cc1cc(Br)cc(C)c1NC(=O)c1cn2c3c(cccc3c1=O)C[C@@H]2C. The molecule has 1 aromatic heterocycles. The van der Waals surface area contributed by atoms with E-state index >= 15 is 0 Å². The second-order valence-corrected chi connectivity index (χ2v) is 7.93. The molecule has 5 heteroatoms. The number of amides is 1. The lowest BCUT2D eigenvalue weighted by atomic mass is 10.1. The van der Waals surface area contributed by atoms with Crippen LogP contribution in [-0.2, 0) is 6.42 Å². The Bertz CT molecular complexity index is 1110. The zero-order chi connectivity index (χ0) is 18.6. The highest BCUT2D eigenvalue weighted by Crippen LogP contribution is 2.31. The summed E-state index contributed by atoms with van der Waals surface area (Å²) in [6.07, 6.45) is 2.59. The predicted octanol–water partition coefficient (Wildman–Crippen LogP) is 4.75. The van der Waals surface area contributed by atoms with Gasteiger partial charge in [-0.25, -0.2) is 0 Å². The Hall–Kier alpha value is -2.40. The maximum atomic E-state index is 12.9. The van der Waals surface area contributed by atoms with Gasteiger partial charge < -0.3 is 9.88 Å². The summed E-state index contributed by atoms with van der Waals surface area (Å²) in [4.78, 5) is 25.9. The van der Waals surface area contributed by atoms with Crippen molar-refractivity contribution in [3.8, 4) is 0 Å². The molecular weight excluding hydrogens is 392 g/mol. The van der Waals surface area contributed by atoms with Gasteiger partial charge in [0.15, 0.2) is 0 Å². The van der Waals surface area contributed by atoms with Gasteiger partial charge in [-0.2, -0.15) is 0 Å². The van der Waals surface area contributed by atoms with Gasteiger partial charge in [0.2, 0.25) is 5.43 Å². The summed E-state index contributed by atoms with van der Waals surface area (Å²) < 4.78 is 3.02. The maximum absolute atomic E-state index is 12.9. The third-order valence-electron chi connectivity index (χ3n) is 5.11. The van der Waals surface area contributed by atoms with Crippen LogP contribution in [0.5, 0.6) is 0 Å². The average molecular weight is 411 g/mol. The summed E-state index contributed by atoms with van der Waals surface area (Å²) in [5.41, 5.74) is 4.75. The number of anilines is 1. The van der Waals surface area contributed by atoms with Crippen LogP contribution in [0, 0.1) is 13.8 Å². The molecule has 1 atom stereocenters. The Morgan fingerprint density at radius 1 is 1.23 bits per heavy atom. The van der Waals surface area contributed by atoms with E-state index < -0.39 is 0 Å². The zero-order valence-corrected chi connectivity index (χ0v) is 16.5. The summed E-state index contributed by atoms with van der Waals surface area (Å²) >= 11 is 3.46. The van der Waals surface area contributed by atoms with Crippen LogP contribution in [-0.4, -0.2) is 10.5 Å². The molecule has 0 fully saturated rings. The third kappa shape index (κ3) is 2.58. The van der Waals surface area contributed by atoms with Crippen LogP contribution in [0.2, 0.25) is 0 Å². The molecule has 0 unspecified atom stereocenters. The van der Waals surface area contributed by atoms with Gasteiger partial charge in [-0.3, -0.25) is 9.59 Å². The molecule has 1 aliphatic rings. The molecule has 1 aliphatic heterocycles. The fraction of sp³-hybridized carbons (Fsp3) is 0.238. The largest absolute Gasteiger partial charge is 0.343 e. The number of nitrogens with one attached hydrogen (secondary N) is 1. The van der Waals surface area contributed by atoms with Crippen molar-refractivity contribution in [2.75, 3.05) is 5.32 Å². The van der Waals surface area contributed by atoms with Crippen molar-refractivity contribution in [2.45, 2.75) is 33.2 Å². The molecule has 1 amide bonds. The second-order valence-electron chi connectivity index (χ2n) is 7.01. The number of hydrogen-bond donors (Lipinski definition) is 1. The Labute approximate surface area is 160 Å². The van der Waals surface area contributed by atoms with Gasteiger partial charge in [-0.1, -0.05) is 28.1 Å². The van der Waals surface area contributed by atoms with Crippen molar-refractivity contribution in [3.05, 3.63) is 73.5 Å². The van der Waals surface area contributed by atoms with E-state index in [0.717, 1.165) is 33.2 Å². The van der Waals surface area contributed by atoms with Gasteiger partial charge in [0.1, 0.15) is 5.56 Å². The Balaban J connectivity index is 1.83. The van der Waals surface area contributed by atoms with Gasteiger partial charge in [-0.05, 0) is 62.1 Å². The molecule has 4 rings (SSSR count). The minimum atomic E-state index is -0.362. The average Bonchev–Trinajstić information content (AvgIpc) is 2.90. The topological polar surface area (TPSA) is 51.1 Å². The van der Waals surface area contributed by atoms with Crippen molar-refractivity contribution in [1.29, 1.82) is 0 Å². The highest BCUT2D eigenvalue weighted by Gasteiger charge is 2.24. The Kier molecular flexibility index (Phi) is 3.99. The van der Waals surface area contributed by atoms with Crippen molar-refractivity contribution in [1.82, 2.24) is 4.57 Å². The van der Waals surface area contributed by atoms with E-state index in [1.165, 1.54) is 5.56 Å². The van der Waals surface area contributed by atoms with E-state index in [-0.39, 0.29) is 22.9 Å². The Morgan fingerprint density at radius 2 is 1.92 bits per heavy atom. The fourth-order valence-electron chi connectivity index (χ4n) is 3.87. The van der Waals surface area contributed by atoms with Crippen LogP contribution in [0.1, 0.15) is 40.0 Å². The molecule has 1 N–H and O–H groups in total. The zero-order valence-electron chi connectivity index (χ0n) is 14.9.